The van der Waals surface area contributed by atoms with Gasteiger partial charge in [0.05, 0.1) is 23.5 Å². The zero-order valence-corrected chi connectivity index (χ0v) is 22.1. The summed E-state index contributed by atoms with van der Waals surface area (Å²) in [6, 6.07) is 13.5. The number of aromatic nitrogens is 1. The first kappa shape index (κ1) is 26.3. The molecule has 1 aromatic heterocycles. The lowest BCUT2D eigenvalue weighted by molar-refractivity contribution is -0.136. The molecule has 4 aliphatic rings. The van der Waals surface area contributed by atoms with E-state index >= 15 is 0 Å². The molecule has 0 aliphatic carbocycles. The van der Waals surface area contributed by atoms with E-state index in [0.717, 1.165) is 13.1 Å². The summed E-state index contributed by atoms with van der Waals surface area (Å²) in [6.45, 7) is 4.28. The fourth-order valence-electron chi connectivity index (χ4n) is 5.73. The minimum atomic E-state index is -0.980. The van der Waals surface area contributed by atoms with Crippen molar-refractivity contribution in [1.82, 2.24) is 20.1 Å². The first-order chi connectivity index (χ1) is 18.3. The third kappa shape index (κ3) is 5.59. The summed E-state index contributed by atoms with van der Waals surface area (Å²) < 4.78 is 0. The Hall–Kier alpha value is -3.30. The smallest absolute Gasteiger partial charge is 0.256 e. The number of amides is 3. The maximum Gasteiger partial charge on any atom is 0.256 e. The van der Waals surface area contributed by atoms with Crippen LogP contribution in [0.5, 0.6) is 0 Å². The van der Waals surface area contributed by atoms with Gasteiger partial charge < -0.3 is 19.8 Å². The lowest BCUT2D eigenvalue weighted by Crippen LogP contribution is -2.52. The normalized spacial score (nSPS) is 23.4. The van der Waals surface area contributed by atoms with Gasteiger partial charge in [0.15, 0.2) is 0 Å². The van der Waals surface area contributed by atoms with E-state index in [1.807, 2.05) is 7.05 Å². The van der Waals surface area contributed by atoms with Crippen LogP contribution in [0.2, 0.25) is 0 Å². The largest absolute Gasteiger partial charge is 0.383 e. The molecule has 0 bridgehead atoms. The number of carbonyl (C=O) groups excluding carboxylic acids is 3. The lowest BCUT2D eigenvalue weighted by atomic mass is 9.87. The van der Waals surface area contributed by atoms with Gasteiger partial charge in [0.1, 0.15) is 11.6 Å². The quantitative estimate of drug-likeness (QED) is 0.600. The number of piperidine rings is 3. The summed E-state index contributed by atoms with van der Waals surface area (Å²) in [5, 5.41) is 13.2. The molecule has 2 aromatic rings. The molecule has 1 aromatic carbocycles. The highest BCUT2D eigenvalue weighted by Crippen LogP contribution is 2.34. The van der Waals surface area contributed by atoms with Crippen molar-refractivity contribution >= 4 is 23.4 Å². The second kappa shape index (κ2) is 11.2. The first-order valence-electron chi connectivity index (χ1n) is 13.7. The zero-order valence-electron chi connectivity index (χ0n) is 22.1. The van der Waals surface area contributed by atoms with E-state index in [4.69, 9.17) is 0 Å². The molecule has 9 nitrogen and oxygen atoms in total. The van der Waals surface area contributed by atoms with Gasteiger partial charge in [-0.15, -0.1) is 0 Å². The van der Waals surface area contributed by atoms with Crippen LogP contribution in [0, 0.1) is 0 Å². The van der Waals surface area contributed by atoms with Crippen LogP contribution >= 0.6 is 0 Å². The summed E-state index contributed by atoms with van der Waals surface area (Å²) in [5.74, 6) is -0.985. The summed E-state index contributed by atoms with van der Waals surface area (Å²) in [7, 11) is 2.02. The third-order valence-electron chi connectivity index (χ3n) is 8.14. The van der Waals surface area contributed by atoms with Crippen LogP contribution in [0.1, 0.15) is 66.7 Å². The Labute approximate surface area is 223 Å². The number of nitrogens with zero attached hydrogens (tertiary/aromatic N) is 4. The summed E-state index contributed by atoms with van der Waals surface area (Å²) >= 11 is 0. The number of rotatable bonds is 3. The van der Waals surface area contributed by atoms with Gasteiger partial charge in [-0.1, -0.05) is 18.2 Å². The Balaban J connectivity index is 0.000000204. The molecule has 1 atom stereocenters. The van der Waals surface area contributed by atoms with Crippen LogP contribution in [0.15, 0.2) is 42.5 Å². The minimum absolute atomic E-state index is 0.225. The second-order valence-electron chi connectivity index (χ2n) is 10.8. The summed E-state index contributed by atoms with van der Waals surface area (Å²) in [6.07, 6.45) is 5.86. The molecular weight excluding hydrogens is 482 g/mol. The van der Waals surface area contributed by atoms with Gasteiger partial charge in [-0.2, -0.15) is 0 Å². The van der Waals surface area contributed by atoms with E-state index in [1.54, 1.807) is 12.1 Å². The number of para-hydroxylation sites is 1. The fraction of sp³-hybridized carbons (Fsp3) is 0.517. The van der Waals surface area contributed by atoms with Gasteiger partial charge in [0.2, 0.25) is 11.8 Å². The van der Waals surface area contributed by atoms with Crippen molar-refractivity contribution < 1.29 is 19.5 Å². The predicted octanol–water partition coefficient (Wildman–Crippen LogP) is 2.43. The fourth-order valence-corrected chi connectivity index (χ4v) is 5.73. The van der Waals surface area contributed by atoms with E-state index in [0.29, 0.717) is 36.2 Å². The van der Waals surface area contributed by atoms with Crippen LogP contribution in [0.25, 0.3) is 0 Å². The van der Waals surface area contributed by atoms with Crippen molar-refractivity contribution in [3.63, 3.8) is 0 Å². The van der Waals surface area contributed by atoms with Crippen LogP contribution in [0.4, 0.5) is 5.69 Å². The topological polar surface area (TPSA) is 106 Å². The molecule has 2 N–H and O–H groups in total. The number of likely N-dealkylation sites (tertiary alicyclic amines) is 1. The molecule has 0 radical (unpaired) electrons. The highest BCUT2D eigenvalue weighted by atomic mass is 16.3. The Morgan fingerprint density at radius 2 is 1.66 bits per heavy atom. The molecule has 0 saturated carbocycles. The van der Waals surface area contributed by atoms with Crippen LogP contribution in [-0.2, 0) is 21.7 Å². The molecule has 3 fully saturated rings. The van der Waals surface area contributed by atoms with Crippen molar-refractivity contribution in [2.75, 3.05) is 38.1 Å². The average molecular weight is 520 g/mol. The molecule has 0 spiro atoms. The van der Waals surface area contributed by atoms with Gasteiger partial charge in [0.25, 0.3) is 5.91 Å². The molecule has 6 rings (SSSR count). The van der Waals surface area contributed by atoms with Gasteiger partial charge in [-0.3, -0.25) is 24.7 Å². The maximum absolute atomic E-state index is 12.7. The van der Waals surface area contributed by atoms with Gasteiger partial charge in [0, 0.05) is 38.3 Å². The number of aliphatic hydroxyl groups is 1. The van der Waals surface area contributed by atoms with Crippen LogP contribution < -0.4 is 10.2 Å². The monoisotopic (exact) mass is 519 g/mol. The van der Waals surface area contributed by atoms with Crippen LogP contribution in [0.3, 0.4) is 0 Å². The zero-order chi connectivity index (χ0) is 26.7. The van der Waals surface area contributed by atoms with Gasteiger partial charge in [-0.25, -0.2) is 0 Å². The number of imide groups is 1. The number of anilines is 1. The number of hydrogen-bond donors (Lipinski definition) is 2. The number of pyridine rings is 1. The van der Waals surface area contributed by atoms with E-state index in [9.17, 15) is 19.5 Å². The number of nitrogens with one attached hydrogen (secondary N) is 1. The van der Waals surface area contributed by atoms with Crippen molar-refractivity contribution in [2.45, 2.75) is 63.1 Å². The average Bonchev–Trinajstić information content (AvgIpc) is 3.27. The van der Waals surface area contributed by atoms with Crippen molar-refractivity contribution in [3.05, 3.63) is 59.4 Å². The highest BCUT2D eigenvalue weighted by Gasteiger charge is 2.41. The second-order valence-corrected chi connectivity index (χ2v) is 10.8. The van der Waals surface area contributed by atoms with Crippen molar-refractivity contribution in [3.8, 4) is 0 Å². The molecule has 5 heterocycles. The van der Waals surface area contributed by atoms with Crippen molar-refractivity contribution in [2.24, 2.45) is 0 Å². The molecule has 9 heteroatoms. The molecular formula is C29H37N5O4. The van der Waals surface area contributed by atoms with E-state index in [2.05, 4.69) is 50.4 Å². The van der Waals surface area contributed by atoms with E-state index in [1.165, 1.54) is 42.9 Å². The summed E-state index contributed by atoms with van der Waals surface area (Å²) in [5.41, 5.74) is 2.05. The van der Waals surface area contributed by atoms with Gasteiger partial charge >= 0.3 is 0 Å². The molecule has 3 saturated heterocycles. The Kier molecular flexibility index (Phi) is 7.76. The van der Waals surface area contributed by atoms with Gasteiger partial charge in [-0.05, 0) is 69.8 Å². The molecule has 202 valence electrons. The number of hydrogen-bond acceptors (Lipinski definition) is 7. The standard InChI is InChI=1S/C18H22N4O4.C11H15N/c1-21-8-6-18(26,7-9-21)14-4-2-11-12(19-14)10-22(17(11)25)13-3-5-15(23)20-16(13)24;1-3-7-11(8-4-1)12-9-5-2-6-10-12/h2,4,13,26H,3,5-10H2,1H3,(H,20,23,24);1,3-4,7-8H,2,5-6,9-10H2. The molecule has 3 amide bonds. The first-order valence-corrected chi connectivity index (χ1v) is 13.7. The molecule has 4 aliphatic heterocycles. The minimum Gasteiger partial charge on any atom is -0.383 e. The van der Waals surface area contributed by atoms with E-state index in [-0.39, 0.29) is 24.8 Å². The summed E-state index contributed by atoms with van der Waals surface area (Å²) in [4.78, 5) is 46.8. The number of benzene rings is 1. The van der Waals surface area contributed by atoms with Crippen LogP contribution in [-0.4, -0.2) is 76.9 Å². The highest BCUT2D eigenvalue weighted by molar-refractivity contribution is 6.05. The molecule has 38 heavy (non-hydrogen) atoms. The third-order valence-corrected chi connectivity index (χ3v) is 8.14. The lowest BCUT2D eigenvalue weighted by Gasteiger charge is -2.36. The number of fused-ring (bicyclic) bond motifs is 1. The Bertz CT molecular complexity index is 1170. The maximum atomic E-state index is 12.7. The number of carbonyl (C=O) groups is 3. The SMILES string of the molecule is CN1CCC(O)(c2ccc3c(n2)CN(C2CCC(=O)NC2=O)C3=O)CC1.c1ccc(N2CCCCC2)cc1. The Morgan fingerprint density at radius 1 is 0.947 bits per heavy atom. The van der Waals surface area contributed by atoms with E-state index < -0.39 is 17.6 Å². The predicted molar refractivity (Wildman–Crippen MR) is 143 cm³/mol. The molecule has 1 unspecified atom stereocenters. The Morgan fingerprint density at radius 3 is 2.34 bits per heavy atom. The van der Waals surface area contributed by atoms with Crippen molar-refractivity contribution in [1.29, 1.82) is 0 Å².